The fraction of sp³-hybridized carbons (Fsp3) is 0.615. The molecule has 0 saturated heterocycles. The van der Waals surface area contributed by atoms with Crippen LogP contribution in [0.1, 0.15) is 39.0 Å². The smallest absolute Gasteiger partial charge is 0.127 e. The van der Waals surface area contributed by atoms with Crippen molar-refractivity contribution in [1.29, 1.82) is 0 Å². The summed E-state index contributed by atoms with van der Waals surface area (Å²) >= 11 is 3.40. The van der Waals surface area contributed by atoms with Gasteiger partial charge in [0.2, 0.25) is 0 Å². The molecule has 0 radical (unpaired) electrons. The first-order valence-electron chi connectivity index (χ1n) is 6.11. The van der Waals surface area contributed by atoms with E-state index in [0.29, 0.717) is 5.41 Å². The number of hydrogen-bond acceptors (Lipinski definition) is 2. The minimum Gasteiger partial charge on any atom is -0.369 e. The van der Waals surface area contributed by atoms with Gasteiger partial charge in [-0.2, -0.15) is 0 Å². The summed E-state index contributed by atoms with van der Waals surface area (Å²) in [5.41, 5.74) is 0.518. The van der Waals surface area contributed by atoms with Gasteiger partial charge in [0.05, 0.1) is 0 Å². The number of rotatable bonds is 4. The van der Waals surface area contributed by atoms with E-state index in [1.807, 2.05) is 18.2 Å². The maximum Gasteiger partial charge on any atom is 0.127 e. The zero-order chi connectivity index (χ0) is 11.4. The number of nitrogens with zero attached hydrogens (tertiary/aromatic N) is 1. The maximum atomic E-state index is 4.41. The maximum absolute atomic E-state index is 4.41. The fourth-order valence-electron chi connectivity index (χ4n) is 2.57. The van der Waals surface area contributed by atoms with Crippen molar-refractivity contribution in [2.24, 2.45) is 5.41 Å². The molecule has 0 aliphatic heterocycles. The predicted molar refractivity (Wildman–Crippen MR) is 71.6 cm³/mol. The van der Waals surface area contributed by atoms with Crippen molar-refractivity contribution in [2.45, 2.75) is 39.0 Å². The summed E-state index contributed by atoms with van der Waals surface area (Å²) in [6.07, 6.45) is 6.78. The van der Waals surface area contributed by atoms with Gasteiger partial charge in [-0.15, -0.1) is 0 Å². The standard InChI is InChI=1S/C13H19BrN2/c1-2-13(8-3-4-9-13)10-15-12-7-5-6-11(14)16-12/h5-7H,2-4,8-10H2,1H3,(H,15,16). The van der Waals surface area contributed by atoms with Crippen LogP contribution in [0.2, 0.25) is 0 Å². The Morgan fingerprint density at radius 2 is 2.12 bits per heavy atom. The van der Waals surface area contributed by atoms with Gasteiger partial charge in [0, 0.05) is 6.54 Å². The Labute approximate surface area is 106 Å². The highest BCUT2D eigenvalue weighted by molar-refractivity contribution is 9.10. The number of nitrogens with one attached hydrogen (secondary N) is 1. The van der Waals surface area contributed by atoms with Crippen molar-refractivity contribution in [3.63, 3.8) is 0 Å². The van der Waals surface area contributed by atoms with Gasteiger partial charge in [0.1, 0.15) is 10.4 Å². The molecule has 1 heterocycles. The summed E-state index contributed by atoms with van der Waals surface area (Å²) < 4.78 is 0.898. The zero-order valence-electron chi connectivity index (χ0n) is 9.80. The molecule has 1 fully saturated rings. The molecular weight excluding hydrogens is 264 g/mol. The summed E-state index contributed by atoms with van der Waals surface area (Å²) in [5, 5.41) is 3.48. The van der Waals surface area contributed by atoms with Crippen LogP contribution in [-0.4, -0.2) is 11.5 Å². The number of pyridine rings is 1. The van der Waals surface area contributed by atoms with Gasteiger partial charge in [0.25, 0.3) is 0 Å². The highest BCUT2D eigenvalue weighted by Crippen LogP contribution is 2.40. The van der Waals surface area contributed by atoms with Gasteiger partial charge in [-0.25, -0.2) is 4.98 Å². The topological polar surface area (TPSA) is 24.9 Å². The summed E-state index contributed by atoms with van der Waals surface area (Å²) in [7, 11) is 0. The fourth-order valence-corrected chi connectivity index (χ4v) is 2.91. The minimum absolute atomic E-state index is 0.518. The second-order valence-corrected chi connectivity index (χ2v) is 5.57. The normalized spacial score (nSPS) is 18.6. The van der Waals surface area contributed by atoms with Gasteiger partial charge in [-0.3, -0.25) is 0 Å². The van der Waals surface area contributed by atoms with Crippen molar-refractivity contribution in [3.8, 4) is 0 Å². The van der Waals surface area contributed by atoms with E-state index in [4.69, 9.17) is 0 Å². The highest BCUT2D eigenvalue weighted by Gasteiger charge is 2.31. The van der Waals surface area contributed by atoms with E-state index in [-0.39, 0.29) is 0 Å². The summed E-state index contributed by atoms with van der Waals surface area (Å²) in [5.74, 6) is 0.981. The van der Waals surface area contributed by atoms with E-state index in [9.17, 15) is 0 Å². The van der Waals surface area contributed by atoms with Gasteiger partial charge in [-0.05, 0) is 52.7 Å². The second kappa shape index (κ2) is 5.17. The van der Waals surface area contributed by atoms with Crippen LogP contribution in [0.25, 0.3) is 0 Å². The zero-order valence-corrected chi connectivity index (χ0v) is 11.4. The monoisotopic (exact) mass is 282 g/mol. The SMILES string of the molecule is CCC1(CNc2cccc(Br)n2)CCCC1. The van der Waals surface area contributed by atoms with Gasteiger partial charge < -0.3 is 5.32 Å². The molecule has 0 aromatic carbocycles. The quantitative estimate of drug-likeness (QED) is 0.836. The van der Waals surface area contributed by atoms with E-state index in [0.717, 1.165) is 17.0 Å². The summed E-state index contributed by atoms with van der Waals surface area (Å²) in [6, 6.07) is 6.01. The first-order valence-corrected chi connectivity index (χ1v) is 6.90. The molecule has 1 aromatic heterocycles. The molecule has 0 amide bonds. The molecule has 1 saturated carbocycles. The summed E-state index contributed by atoms with van der Waals surface area (Å²) in [6.45, 7) is 3.37. The predicted octanol–water partition coefficient (Wildman–Crippen LogP) is 4.23. The molecule has 0 unspecified atom stereocenters. The Morgan fingerprint density at radius 3 is 2.75 bits per heavy atom. The lowest BCUT2D eigenvalue weighted by Crippen LogP contribution is -2.26. The highest BCUT2D eigenvalue weighted by atomic mass is 79.9. The molecule has 1 aliphatic rings. The Bertz CT molecular complexity index is 346. The molecule has 1 aromatic rings. The molecule has 2 rings (SSSR count). The van der Waals surface area contributed by atoms with E-state index in [1.54, 1.807) is 0 Å². The first kappa shape index (κ1) is 11.9. The van der Waals surface area contributed by atoms with Crippen molar-refractivity contribution in [1.82, 2.24) is 4.98 Å². The summed E-state index contributed by atoms with van der Waals surface area (Å²) in [4.78, 5) is 4.41. The van der Waals surface area contributed by atoms with E-state index in [2.05, 4.69) is 33.2 Å². The van der Waals surface area contributed by atoms with Crippen molar-refractivity contribution >= 4 is 21.7 Å². The van der Waals surface area contributed by atoms with Crippen LogP contribution in [0.4, 0.5) is 5.82 Å². The molecule has 2 nitrogen and oxygen atoms in total. The Morgan fingerprint density at radius 1 is 1.38 bits per heavy atom. The van der Waals surface area contributed by atoms with Crippen LogP contribution in [0.5, 0.6) is 0 Å². The lowest BCUT2D eigenvalue weighted by Gasteiger charge is -2.27. The molecule has 0 atom stereocenters. The van der Waals surface area contributed by atoms with Crippen LogP contribution in [0.3, 0.4) is 0 Å². The van der Waals surface area contributed by atoms with Crippen LogP contribution in [0.15, 0.2) is 22.8 Å². The molecule has 1 aliphatic carbocycles. The molecule has 88 valence electrons. The lowest BCUT2D eigenvalue weighted by molar-refractivity contribution is 0.306. The van der Waals surface area contributed by atoms with Crippen LogP contribution >= 0.6 is 15.9 Å². The first-order chi connectivity index (χ1) is 7.74. The molecule has 1 N–H and O–H groups in total. The van der Waals surface area contributed by atoms with Crippen molar-refractivity contribution < 1.29 is 0 Å². The molecule has 16 heavy (non-hydrogen) atoms. The largest absolute Gasteiger partial charge is 0.369 e. The Kier molecular flexibility index (Phi) is 3.85. The lowest BCUT2D eigenvalue weighted by atomic mass is 9.83. The van der Waals surface area contributed by atoms with Crippen molar-refractivity contribution in [2.75, 3.05) is 11.9 Å². The Balaban J connectivity index is 1.95. The van der Waals surface area contributed by atoms with E-state index < -0.39 is 0 Å². The van der Waals surface area contributed by atoms with E-state index >= 15 is 0 Å². The third kappa shape index (κ3) is 2.76. The van der Waals surface area contributed by atoms with Crippen LogP contribution < -0.4 is 5.32 Å². The number of aromatic nitrogens is 1. The average molecular weight is 283 g/mol. The van der Waals surface area contributed by atoms with Gasteiger partial charge in [0.15, 0.2) is 0 Å². The third-order valence-electron chi connectivity index (χ3n) is 3.77. The number of hydrogen-bond donors (Lipinski definition) is 1. The minimum atomic E-state index is 0.518. The van der Waals surface area contributed by atoms with Crippen LogP contribution in [0, 0.1) is 5.41 Å². The van der Waals surface area contributed by atoms with Gasteiger partial charge in [-0.1, -0.05) is 25.8 Å². The third-order valence-corrected chi connectivity index (χ3v) is 4.22. The number of halogens is 1. The average Bonchev–Trinajstić information content (AvgIpc) is 2.76. The molecule has 0 spiro atoms. The second-order valence-electron chi connectivity index (χ2n) is 4.76. The van der Waals surface area contributed by atoms with Crippen molar-refractivity contribution in [3.05, 3.63) is 22.8 Å². The molecule has 0 bridgehead atoms. The van der Waals surface area contributed by atoms with Crippen LogP contribution in [-0.2, 0) is 0 Å². The van der Waals surface area contributed by atoms with E-state index in [1.165, 1.54) is 32.1 Å². The Hall–Kier alpha value is -0.570. The van der Waals surface area contributed by atoms with Gasteiger partial charge >= 0.3 is 0 Å². The molecular formula is C13H19BrN2. The molecule has 3 heteroatoms. The number of anilines is 1.